The van der Waals surface area contributed by atoms with Gasteiger partial charge in [0.15, 0.2) is 0 Å². The van der Waals surface area contributed by atoms with Gasteiger partial charge in [0.05, 0.1) is 24.9 Å². The third-order valence-electron chi connectivity index (χ3n) is 7.34. The van der Waals surface area contributed by atoms with Gasteiger partial charge in [-0.1, -0.05) is 81.4 Å². The fourth-order valence-corrected chi connectivity index (χ4v) is 6.07. The van der Waals surface area contributed by atoms with E-state index in [0.29, 0.717) is 24.5 Å². The molecule has 3 atom stereocenters. The SMILES string of the molecule is CC1CC(OCC(O)CN2CCN(C(c3ccccc3)c3ccccc3)CC2)CC(C)(C)C1. The van der Waals surface area contributed by atoms with Crippen LogP contribution >= 0.6 is 0 Å². The fraction of sp³-hybridized carbons (Fsp3) is 0.586. The maximum absolute atomic E-state index is 10.7. The molecule has 33 heavy (non-hydrogen) atoms. The molecule has 3 unspecified atom stereocenters. The molecular weight excluding hydrogens is 408 g/mol. The molecule has 1 aliphatic carbocycles. The zero-order chi connectivity index (χ0) is 23.3. The van der Waals surface area contributed by atoms with E-state index in [-0.39, 0.29) is 12.1 Å². The average Bonchev–Trinajstić information content (AvgIpc) is 2.79. The number of aliphatic hydroxyl groups excluding tert-OH is 1. The predicted molar refractivity (Wildman–Crippen MR) is 135 cm³/mol. The summed E-state index contributed by atoms with van der Waals surface area (Å²) in [5, 5.41) is 10.7. The summed E-state index contributed by atoms with van der Waals surface area (Å²) < 4.78 is 6.18. The number of ether oxygens (including phenoxy) is 1. The van der Waals surface area contributed by atoms with E-state index >= 15 is 0 Å². The van der Waals surface area contributed by atoms with Crippen LogP contribution in [0.2, 0.25) is 0 Å². The first kappa shape index (κ1) is 24.4. The zero-order valence-corrected chi connectivity index (χ0v) is 20.7. The molecule has 0 bridgehead atoms. The van der Waals surface area contributed by atoms with Gasteiger partial charge in [0.2, 0.25) is 0 Å². The van der Waals surface area contributed by atoms with Crippen LogP contribution in [-0.4, -0.2) is 66.4 Å². The lowest BCUT2D eigenvalue weighted by molar-refractivity contribution is -0.0636. The van der Waals surface area contributed by atoms with Crippen molar-refractivity contribution in [1.82, 2.24) is 9.80 Å². The van der Waals surface area contributed by atoms with Crippen LogP contribution in [0.3, 0.4) is 0 Å². The van der Waals surface area contributed by atoms with Crippen molar-refractivity contribution in [1.29, 1.82) is 0 Å². The monoisotopic (exact) mass is 450 g/mol. The van der Waals surface area contributed by atoms with E-state index in [4.69, 9.17) is 4.74 Å². The Morgan fingerprint density at radius 1 is 0.909 bits per heavy atom. The number of hydrogen-bond acceptors (Lipinski definition) is 4. The van der Waals surface area contributed by atoms with Crippen LogP contribution in [0, 0.1) is 11.3 Å². The third kappa shape index (κ3) is 6.89. The molecule has 4 nitrogen and oxygen atoms in total. The fourth-order valence-electron chi connectivity index (χ4n) is 6.07. The Bertz CT molecular complexity index is 794. The number of piperazine rings is 1. The van der Waals surface area contributed by atoms with Crippen LogP contribution in [0.1, 0.15) is 57.2 Å². The molecule has 0 radical (unpaired) electrons. The number of aliphatic hydroxyl groups is 1. The minimum absolute atomic E-state index is 0.277. The van der Waals surface area contributed by atoms with E-state index in [0.717, 1.165) is 39.0 Å². The second kappa shape index (κ2) is 11.1. The minimum atomic E-state index is -0.420. The Morgan fingerprint density at radius 3 is 2.03 bits per heavy atom. The molecule has 1 N–H and O–H groups in total. The second-order valence-corrected chi connectivity index (χ2v) is 11.1. The number of β-amino-alcohol motifs (C(OH)–C–C–N with tert-alkyl or cyclic N) is 1. The first-order valence-electron chi connectivity index (χ1n) is 12.8. The van der Waals surface area contributed by atoms with Crippen LogP contribution < -0.4 is 0 Å². The number of benzene rings is 2. The van der Waals surface area contributed by atoms with Crippen molar-refractivity contribution in [2.24, 2.45) is 11.3 Å². The van der Waals surface area contributed by atoms with Gasteiger partial charge in [0.25, 0.3) is 0 Å². The second-order valence-electron chi connectivity index (χ2n) is 11.1. The highest BCUT2D eigenvalue weighted by Crippen LogP contribution is 2.39. The number of rotatable bonds is 8. The standard InChI is InChI=1S/C29H42N2O2/c1-23-18-27(20-29(2,3)19-23)33-22-26(32)21-30-14-16-31(17-15-30)28(24-10-6-4-7-11-24)25-12-8-5-9-13-25/h4-13,23,26-28,32H,14-22H2,1-3H3. The van der Waals surface area contributed by atoms with E-state index in [9.17, 15) is 5.11 Å². The summed E-state index contributed by atoms with van der Waals surface area (Å²) in [5.74, 6) is 0.700. The molecule has 2 aromatic rings. The normalized spacial score (nSPS) is 25.2. The molecule has 2 aliphatic rings. The van der Waals surface area contributed by atoms with Crippen molar-refractivity contribution in [2.75, 3.05) is 39.3 Å². The summed E-state index contributed by atoms with van der Waals surface area (Å²) in [6.45, 7) is 12.1. The number of nitrogens with zero attached hydrogens (tertiary/aromatic N) is 2. The van der Waals surface area contributed by atoms with Crippen LogP contribution in [0.4, 0.5) is 0 Å². The molecule has 1 saturated heterocycles. The first-order chi connectivity index (χ1) is 15.9. The molecule has 2 fully saturated rings. The van der Waals surface area contributed by atoms with Gasteiger partial charge in [-0.25, -0.2) is 0 Å². The topological polar surface area (TPSA) is 35.9 Å². The van der Waals surface area contributed by atoms with Crippen LogP contribution in [0.5, 0.6) is 0 Å². The third-order valence-corrected chi connectivity index (χ3v) is 7.34. The van der Waals surface area contributed by atoms with E-state index < -0.39 is 6.10 Å². The summed E-state index contributed by atoms with van der Waals surface area (Å²) in [5.41, 5.74) is 3.03. The molecule has 2 aromatic carbocycles. The highest BCUT2D eigenvalue weighted by molar-refractivity contribution is 5.31. The maximum atomic E-state index is 10.7. The van der Waals surface area contributed by atoms with Gasteiger partial charge < -0.3 is 9.84 Å². The lowest BCUT2D eigenvalue weighted by atomic mass is 9.71. The van der Waals surface area contributed by atoms with Gasteiger partial charge in [-0.2, -0.15) is 0 Å². The Labute approximate surface area is 200 Å². The molecule has 0 aromatic heterocycles. The smallest absolute Gasteiger partial charge is 0.0900 e. The van der Waals surface area contributed by atoms with Crippen molar-refractivity contribution in [3.8, 4) is 0 Å². The van der Waals surface area contributed by atoms with Crippen molar-refractivity contribution in [2.45, 2.75) is 58.3 Å². The average molecular weight is 451 g/mol. The Kier molecular flexibility index (Phi) is 8.24. The zero-order valence-electron chi connectivity index (χ0n) is 20.7. The van der Waals surface area contributed by atoms with Gasteiger partial charge in [0.1, 0.15) is 0 Å². The largest absolute Gasteiger partial charge is 0.389 e. The highest BCUT2D eigenvalue weighted by Gasteiger charge is 2.33. The van der Waals surface area contributed by atoms with Crippen molar-refractivity contribution in [3.63, 3.8) is 0 Å². The Morgan fingerprint density at radius 2 is 1.48 bits per heavy atom. The molecule has 4 rings (SSSR count). The van der Waals surface area contributed by atoms with Crippen molar-refractivity contribution >= 4 is 0 Å². The molecule has 4 heteroatoms. The summed E-state index contributed by atoms with van der Waals surface area (Å²) in [6.07, 6.45) is 3.36. The van der Waals surface area contributed by atoms with Crippen molar-refractivity contribution in [3.05, 3.63) is 71.8 Å². The van der Waals surface area contributed by atoms with E-state index in [1.54, 1.807) is 0 Å². The maximum Gasteiger partial charge on any atom is 0.0900 e. The van der Waals surface area contributed by atoms with Crippen molar-refractivity contribution < 1.29 is 9.84 Å². The van der Waals surface area contributed by atoms with Crippen LogP contribution in [0.15, 0.2) is 60.7 Å². The van der Waals surface area contributed by atoms with Crippen LogP contribution in [0.25, 0.3) is 0 Å². The Balaban J connectivity index is 1.28. The van der Waals surface area contributed by atoms with Crippen LogP contribution in [-0.2, 0) is 4.74 Å². The van der Waals surface area contributed by atoms with Gasteiger partial charge in [0, 0.05) is 32.7 Å². The summed E-state index contributed by atoms with van der Waals surface area (Å²) in [4.78, 5) is 4.97. The minimum Gasteiger partial charge on any atom is -0.389 e. The molecular formula is C29H42N2O2. The number of hydrogen-bond donors (Lipinski definition) is 1. The Hall–Kier alpha value is -1.72. The molecule has 180 valence electrons. The highest BCUT2D eigenvalue weighted by atomic mass is 16.5. The first-order valence-corrected chi connectivity index (χ1v) is 12.8. The summed E-state index contributed by atoms with van der Waals surface area (Å²) >= 11 is 0. The van der Waals surface area contributed by atoms with E-state index in [2.05, 4.69) is 91.2 Å². The van der Waals surface area contributed by atoms with Gasteiger partial charge in [-0.15, -0.1) is 0 Å². The van der Waals surface area contributed by atoms with E-state index in [1.807, 2.05) is 0 Å². The predicted octanol–water partition coefficient (Wildman–Crippen LogP) is 4.99. The van der Waals surface area contributed by atoms with E-state index in [1.165, 1.54) is 17.5 Å². The molecule has 1 aliphatic heterocycles. The summed E-state index contributed by atoms with van der Waals surface area (Å²) in [6, 6.07) is 21.9. The van der Waals surface area contributed by atoms with Gasteiger partial charge in [-0.05, 0) is 41.7 Å². The lowest BCUT2D eigenvalue weighted by Crippen LogP contribution is -2.50. The molecule has 0 spiro atoms. The quantitative estimate of drug-likeness (QED) is 0.615. The lowest BCUT2D eigenvalue weighted by Gasteiger charge is -2.41. The van der Waals surface area contributed by atoms with Gasteiger partial charge >= 0.3 is 0 Å². The molecule has 1 heterocycles. The molecule has 1 saturated carbocycles. The van der Waals surface area contributed by atoms with Gasteiger partial charge in [-0.3, -0.25) is 9.80 Å². The summed E-state index contributed by atoms with van der Waals surface area (Å²) in [7, 11) is 0. The molecule has 0 amide bonds.